The van der Waals surface area contributed by atoms with Gasteiger partial charge in [0.1, 0.15) is 10.6 Å². The van der Waals surface area contributed by atoms with Crippen LogP contribution < -0.4 is 21.5 Å². The molecule has 8 heteroatoms. The highest BCUT2D eigenvalue weighted by atomic mass is 32.1. The number of urea groups is 1. The highest BCUT2D eigenvalue weighted by molar-refractivity contribution is 7.80. The van der Waals surface area contributed by atoms with Crippen LogP contribution in [0.1, 0.15) is 5.76 Å². The van der Waals surface area contributed by atoms with Gasteiger partial charge in [-0.25, -0.2) is 4.79 Å². The van der Waals surface area contributed by atoms with Gasteiger partial charge in [0.25, 0.3) is 5.91 Å². The molecule has 0 unspecified atom stereocenters. The van der Waals surface area contributed by atoms with E-state index >= 15 is 0 Å². The van der Waals surface area contributed by atoms with E-state index in [0.29, 0.717) is 11.0 Å². The number of hydrogen-bond donors (Lipinski definition) is 3. The van der Waals surface area contributed by atoms with Gasteiger partial charge in [-0.05, 0) is 12.1 Å². The summed E-state index contributed by atoms with van der Waals surface area (Å²) in [4.78, 5) is 21.9. The van der Waals surface area contributed by atoms with Gasteiger partial charge in [-0.2, -0.15) is 0 Å². The molecule has 0 saturated heterocycles. The molecule has 5 N–H and O–H groups in total. The fourth-order valence-corrected chi connectivity index (χ4v) is 1.77. The van der Waals surface area contributed by atoms with Crippen molar-refractivity contribution in [2.45, 2.75) is 0 Å². The van der Waals surface area contributed by atoms with Crippen molar-refractivity contribution in [2.24, 2.45) is 11.5 Å². The van der Waals surface area contributed by atoms with Crippen LogP contribution in [0, 0.1) is 0 Å². The quantitative estimate of drug-likeness (QED) is 0.711. The van der Waals surface area contributed by atoms with Crippen molar-refractivity contribution in [2.75, 3.05) is 6.61 Å². The molecule has 0 aliphatic rings. The Kier molecular flexibility index (Phi) is 3.85. The number of nitrogens with two attached hydrogens (primary N) is 2. The molecule has 0 aliphatic heterocycles. The number of amides is 3. The normalized spacial score (nSPS) is 10.2. The zero-order valence-electron chi connectivity index (χ0n) is 10.2. The first kappa shape index (κ1) is 13.8. The fraction of sp³-hybridized carbons (Fsp3) is 0.0833. The topological polar surface area (TPSA) is 121 Å². The maximum absolute atomic E-state index is 11.3. The summed E-state index contributed by atoms with van der Waals surface area (Å²) in [5, 5.41) is 2.51. The van der Waals surface area contributed by atoms with Gasteiger partial charge in [-0.15, -0.1) is 0 Å². The van der Waals surface area contributed by atoms with Crippen molar-refractivity contribution in [3.63, 3.8) is 0 Å². The third-order valence-electron chi connectivity index (χ3n) is 2.38. The van der Waals surface area contributed by atoms with E-state index < -0.39 is 18.5 Å². The lowest BCUT2D eigenvalue weighted by atomic mass is 10.2. The van der Waals surface area contributed by atoms with E-state index in [0.717, 1.165) is 0 Å². The summed E-state index contributed by atoms with van der Waals surface area (Å²) in [6, 6.07) is 6.05. The average molecular weight is 293 g/mol. The highest BCUT2D eigenvalue weighted by Crippen LogP contribution is 2.32. The lowest BCUT2D eigenvalue weighted by molar-refractivity contribution is -0.121. The van der Waals surface area contributed by atoms with Crippen molar-refractivity contribution in [3.8, 4) is 5.75 Å². The van der Waals surface area contributed by atoms with Crippen molar-refractivity contribution < 1.29 is 18.7 Å². The summed E-state index contributed by atoms with van der Waals surface area (Å²) >= 11 is 4.87. The Morgan fingerprint density at radius 2 is 2.00 bits per heavy atom. The average Bonchev–Trinajstić information content (AvgIpc) is 2.74. The number of thiocarbonyl (C=S) groups is 1. The van der Waals surface area contributed by atoms with Crippen molar-refractivity contribution in [3.05, 3.63) is 30.0 Å². The molecule has 0 radical (unpaired) electrons. The Morgan fingerprint density at radius 1 is 1.30 bits per heavy atom. The van der Waals surface area contributed by atoms with Crippen LogP contribution in [0.3, 0.4) is 0 Å². The first-order valence-electron chi connectivity index (χ1n) is 5.52. The van der Waals surface area contributed by atoms with Gasteiger partial charge in [-0.1, -0.05) is 24.4 Å². The lowest BCUT2D eigenvalue weighted by Gasteiger charge is -2.05. The molecule has 20 heavy (non-hydrogen) atoms. The van der Waals surface area contributed by atoms with Crippen LogP contribution in [0.4, 0.5) is 4.79 Å². The number of fused-ring (bicyclic) bond motifs is 1. The van der Waals surface area contributed by atoms with Crippen molar-refractivity contribution in [1.82, 2.24) is 5.32 Å². The Hall–Kier alpha value is -2.61. The fourth-order valence-electron chi connectivity index (χ4n) is 1.64. The van der Waals surface area contributed by atoms with Crippen molar-refractivity contribution in [1.29, 1.82) is 0 Å². The van der Waals surface area contributed by atoms with Gasteiger partial charge in [0.05, 0.1) is 5.39 Å². The Balaban J connectivity index is 2.28. The van der Waals surface area contributed by atoms with Crippen LogP contribution in [0.25, 0.3) is 11.0 Å². The molecule has 0 fully saturated rings. The molecule has 0 bridgehead atoms. The van der Waals surface area contributed by atoms with Gasteiger partial charge in [0.2, 0.25) is 5.76 Å². The minimum Gasteiger partial charge on any atom is -0.479 e. The summed E-state index contributed by atoms with van der Waals surface area (Å²) in [5.74, 6) is -0.252. The van der Waals surface area contributed by atoms with Crippen LogP contribution in [0.15, 0.2) is 28.7 Å². The Labute approximate surface area is 118 Å². The molecule has 0 spiro atoms. The molecule has 3 amide bonds. The van der Waals surface area contributed by atoms with Crippen LogP contribution in [-0.4, -0.2) is 23.5 Å². The zero-order valence-corrected chi connectivity index (χ0v) is 11.0. The predicted octanol–water partition coefficient (Wildman–Crippen LogP) is 0.641. The number of benzene rings is 1. The minimum atomic E-state index is -0.953. The van der Waals surface area contributed by atoms with E-state index in [4.69, 9.17) is 32.8 Å². The third kappa shape index (κ3) is 2.86. The second-order valence-corrected chi connectivity index (χ2v) is 4.26. The molecule has 2 rings (SSSR count). The first-order chi connectivity index (χ1) is 9.49. The molecule has 1 aromatic carbocycles. The second-order valence-electron chi connectivity index (χ2n) is 3.82. The molecule has 2 aromatic rings. The SMILES string of the molecule is NC(=O)NC(=O)COc1c(C(N)=S)oc2ccccc12. The summed E-state index contributed by atoms with van der Waals surface area (Å²) in [6.45, 7) is -0.415. The number of furan rings is 1. The first-order valence-corrected chi connectivity index (χ1v) is 5.93. The largest absolute Gasteiger partial charge is 0.479 e. The second kappa shape index (κ2) is 5.57. The van der Waals surface area contributed by atoms with Gasteiger partial charge >= 0.3 is 6.03 Å². The van der Waals surface area contributed by atoms with Crippen molar-refractivity contribution >= 4 is 40.1 Å². The maximum Gasteiger partial charge on any atom is 0.318 e. The maximum atomic E-state index is 11.3. The molecule has 104 valence electrons. The van der Waals surface area contributed by atoms with E-state index in [-0.39, 0.29) is 16.5 Å². The Morgan fingerprint density at radius 3 is 2.65 bits per heavy atom. The molecule has 0 aliphatic carbocycles. The van der Waals surface area contributed by atoms with Gasteiger partial charge in [0, 0.05) is 0 Å². The van der Waals surface area contributed by atoms with Crippen LogP contribution in [0.2, 0.25) is 0 Å². The molecule has 0 saturated carbocycles. The number of rotatable bonds is 4. The summed E-state index contributed by atoms with van der Waals surface area (Å²) in [5.41, 5.74) is 10.9. The molecule has 7 nitrogen and oxygen atoms in total. The highest BCUT2D eigenvalue weighted by Gasteiger charge is 2.18. The molecule has 1 heterocycles. The number of carbonyl (C=O) groups is 2. The lowest BCUT2D eigenvalue weighted by Crippen LogP contribution is -2.38. The van der Waals surface area contributed by atoms with Gasteiger partial charge < -0.3 is 20.6 Å². The third-order valence-corrected chi connectivity index (χ3v) is 2.57. The van der Waals surface area contributed by atoms with Gasteiger partial charge in [-0.3, -0.25) is 10.1 Å². The number of para-hydroxylation sites is 1. The Bertz CT molecular complexity index is 695. The number of carbonyl (C=O) groups excluding carboxylic acids is 2. The standard InChI is InChI=1S/C12H11N3O4S/c13-11(20)10-9(18-5-8(16)15-12(14)17)6-3-1-2-4-7(6)19-10/h1-4H,5H2,(H2,13,20)(H3,14,15,16,17). The van der Waals surface area contributed by atoms with Crippen LogP contribution >= 0.6 is 12.2 Å². The zero-order chi connectivity index (χ0) is 14.7. The minimum absolute atomic E-state index is 0.00603. The number of imide groups is 1. The summed E-state index contributed by atoms with van der Waals surface area (Å²) < 4.78 is 10.8. The monoisotopic (exact) mass is 293 g/mol. The molecular weight excluding hydrogens is 282 g/mol. The van der Waals surface area contributed by atoms with E-state index in [1.807, 2.05) is 5.32 Å². The predicted molar refractivity (Wildman–Crippen MR) is 75.3 cm³/mol. The van der Waals surface area contributed by atoms with Crippen LogP contribution in [0.5, 0.6) is 5.75 Å². The number of ether oxygens (including phenoxy) is 1. The van der Waals surface area contributed by atoms with Gasteiger partial charge in [0.15, 0.2) is 12.4 Å². The summed E-state index contributed by atoms with van der Waals surface area (Å²) in [6.07, 6.45) is 0. The summed E-state index contributed by atoms with van der Waals surface area (Å²) in [7, 11) is 0. The molecule has 0 atom stereocenters. The smallest absolute Gasteiger partial charge is 0.318 e. The molecular formula is C12H11N3O4S. The van der Waals surface area contributed by atoms with E-state index in [9.17, 15) is 9.59 Å². The van der Waals surface area contributed by atoms with E-state index in [1.165, 1.54) is 0 Å². The molecule has 1 aromatic heterocycles. The van der Waals surface area contributed by atoms with Crippen LogP contribution in [-0.2, 0) is 4.79 Å². The van der Waals surface area contributed by atoms with E-state index in [1.54, 1.807) is 24.3 Å². The van der Waals surface area contributed by atoms with E-state index in [2.05, 4.69) is 0 Å². The number of primary amides is 1. The number of nitrogens with one attached hydrogen (secondary N) is 1. The number of hydrogen-bond acceptors (Lipinski definition) is 5.